The molecule has 20 heavy (non-hydrogen) atoms. The molecule has 0 radical (unpaired) electrons. The average Bonchev–Trinajstić information content (AvgIpc) is 2.82. The van der Waals surface area contributed by atoms with Crippen molar-refractivity contribution >= 4 is 0 Å². The fraction of sp³-hybridized carbons (Fsp3) is 0.467. The molecule has 5 heteroatoms. The largest absolute Gasteiger partial charge is 0.332 e. The van der Waals surface area contributed by atoms with Gasteiger partial charge in [-0.25, -0.2) is 4.98 Å². The quantitative estimate of drug-likeness (QED) is 0.901. The fourth-order valence-electron chi connectivity index (χ4n) is 1.92. The van der Waals surface area contributed by atoms with Crippen molar-refractivity contribution in [3.63, 3.8) is 0 Å². The van der Waals surface area contributed by atoms with Crippen LogP contribution in [0.25, 0.3) is 0 Å². The first-order valence-corrected chi connectivity index (χ1v) is 6.86. The van der Waals surface area contributed by atoms with Gasteiger partial charge in [0.1, 0.15) is 5.82 Å². The second-order valence-corrected chi connectivity index (χ2v) is 5.87. The van der Waals surface area contributed by atoms with Gasteiger partial charge in [-0.05, 0) is 26.8 Å². The van der Waals surface area contributed by atoms with Gasteiger partial charge in [-0.3, -0.25) is 4.79 Å². The average molecular weight is 274 g/mol. The molecule has 0 saturated carbocycles. The molecule has 0 amide bonds. The maximum Gasteiger partial charge on any atom is 0.250 e. The van der Waals surface area contributed by atoms with Gasteiger partial charge in [-0.2, -0.15) is 0 Å². The van der Waals surface area contributed by atoms with Crippen molar-refractivity contribution in [2.24, 2.45) is 0 Å². The lowest BCUT2D eigenvalue weighted by Crippen LogP contribution is -2.36. The highest BCUT2D eigenvalue weighted by Crippen LogP contribution is 2.03. The Morgan fingerprint density at radius 3 is 2.60 bits per heavy atom. The third kappa shape index (κ3) is 4.06. The molecule has 2 rings (SSSR count). The minimum absolute atomic E-state index is 0.0296. The van der Waals surface area contributed by atoms with Crippen molar-refractivity contribution < 1.29 is 0 Å². The third-order valence-corrected chi connectivity index (χ3v) is 3.06. The molecular weight excluding hydrogens is 252 g/mol. The van der Waals surface area contributed by atoms with Crippen LogP contribution >= 0.6 is 0 Å². The van der Waals surface area contributed by atoms with E-state index in [1.54, 1.807) is 22.9 Å². The SMILES string of the molecule is CC(C)(C)NCc1nccn1CCn1ccccc1=O. The number of imidazole rings is 1. The van der Waals surface area contributed by atoms with E-state index in [0.717, 1.165) is 18.9 Å². The summed E-state index contributed by atoms with van der Waals surface area (Å²) in [6, 6.07) is 5.21. The molecule has 108 valence electrons. The van der Waals surface area contributed by atoms with E-state index < -0.39 is 0 Å². The summed E-state index contributed by atoms with van der Waals surface area (Å²) in [5, 5.41) is 3.42. The van der Waals surface area contributed by atoms with Crippen molar-refractivity contribution in [3.05, 3.63) is 53.0 Å². The molecule has 0 spiro atoms. The summed E-state index contributed by atoms with van der Waals surface area (Å²) >= 11 is 0. The van der Waals surface area contributed by atoms with Crippen LogP contribution in [0.3, 0.4) is 0 Å². The molecule has 5 nitrogen and oxygen atoms in total. The number of pyridine rings is 1. The molecule has 0 atom stereocenters. The zero-order valence-electron chi connectivity index (χ0n) is 12.3. The van der Waals surface area contributed by atoms with Crippen molar-refractivity contribution in [2.75, 3.05) is 0 Å². The van der Waals surface area contributed by atoms with Crippen LogP contribution in [0.4, 0.5) is 0 Å². The highest BCUT2D eigenvalue weighted by atomic mass is 16.1. The van der Waals surface area contributed by atoms with Crippen molar-refractivity contribution in [3.8, 4) is 0 Å². The van der Waals surface area contributed by atoms with Crippen molar-refractivity contribution in [1.29, 1.82) is 0 Å². The van der Waals surface area contributed by atoms with Gasteiger partial charge in [0.15, 0.2) is 0 Å². The lowest BCUT2D eigenvalue weighted by Gasteiger charge is -2.20. The van der Waals surface area contributed by atoms with Gasteiger partial charge in [-0.1, -0.05) is 6.07 Å². The van der Waals surface area contributed by atoms with E-state index in [2.05, 4.69) is 35.6 Å². The predicted molar refractivity (Wildman–Crippen MR) is 79.5 cm³/mol. The first kappa shape index (κ1) is 14.5. The summed E-state index contributed by atoms with van der Waals surface area (Å²) in [6.07, 6.45) is 5.56. The monoisotopic (exact) mass is 274 g/mol. The number of aryl methyl sites for hydroxylation is 2. The molecule has 0 fully saturated rings. The zero-order chi connectivity index (χ0) is 14.6. The van der Waals surface area contributed by atoms with Gasteiger partial charge in [0.25, 0.3) is 5.56 Å². The summed E-state index contributed by atoms with van der Waals surface area (Å²) in [5.74, 6) is 0.990. The number of nitrogens with one attached hydrogen (secondary N) is 1. The minimum atomic E-state index is 0.0296. The van der Waals surface area contributed by atoms with Crippen LogP contribution in [-0.4, -0.2) is 19.7 Å². The Bertz CT molecular complexity index is 607. The van der Waals surface area contributed by atoms with E-state index in [9.17, 15) is 4.79 Å². The Hall–Kier alpha value is -1.88. The Balaban J connectivity index is 1.99. The van der Waals surface area contributed by atoms with E-state index in [4.69, 9.17) is 0 Å². The third-order valence-electron chi connectivity index (χ3n) is 3.06. The molecule has 0 bridgehead atoms. The molecule has 2 aromatic rings. The number of aromatic nitrogens is 3. The van der Waals surface area contributed by atoms with Crippen LogP contribution in [-0.2, 0) is 19.6 Å². The topological polar surface area (TPSA) is 51.9 Å². The Morgan fingerprint density at radius 1 is 1.15 bits per heavy atom. The normalized spacial score (nSPS) is 11.8. The molecule has 0 aliphatic heterocycles. The first-order chi connectivity index (χ1) is 9.46. The summed E-state index contributed by atoms with van der Waals surface area (Å²) in [6.45, 7) is 8.50. The lowest BCUT2D eigenvalue weighted by molar-refractivity contribution is 0.409. The Morgan fingerprint density at radius 2 is 1.90 bits per heavy atom. The van der Waals surface area contributed by atoms with Crippen LogP contribution in [0.5, 0.6) is 0 Å². The molecule has 0 aliphatic carbocycles. The molecule has 0 aromatic carbocycles. The van der Waals surface area contributed by atoms with E-state index in [0.29, 0.717) is 6.54 Å². The second kappa shape index (κ2) is 6.05. The van der Waals surface area contributed by atoms with Crippen LogP contribution in [0.2, 0.25) is 0 Å². The molecule has 0 saturated heterocycles. The van der Waals surface area contributed by atoms with Gasteiger partial charge in [-0.15, -0.1) is 0 Å². The number of rotatable bonds is 5. The van der Waals surface area contributed by atoms with Crippen molar-refractivity contribution in [1.82, 2.24) is 19.4 Å². The standard InChI is InChI=1S/C15H22N4O/c1-15(2,3)17-12-13-16-7-9-18(13)10-11-19-8-5-4-6-14(19)20/h4-9,17H,10-12H2,1-3H3. The van der Waals surface area contributed by atoms with Crippen molar-refractivity contribution in [2.45, 2.75) is 45.9 Å². The smallest absolute Gasteiger partial charge is 0.250 e. The molecule has 2 heterocycles. The first-order valence-electron chi connectivity index (χ1n) is 6.86. The van der Waals surface area contributed by atoms with E-state index >= 15 is 0 Å². The van der Waals surface area contributed by atoms with Crippen LogP contribution in [0.1, 0.15) is 26.6 Å². The lowest BCUT2D eigenvalue weighted by atomic mass is 10.1. The minimum Gasteiger partial charge on any atom is -0.332 e. The maximum atomic E-state index is 11.6. The van der Waals surface area contributed by atoms with Gasteiger partial charge in [0, 0.05) is 43.3 Å². The highest BCUT2D eigenvalue weighted by Gasteiger charge is 2.10. The number of hydrogen-bond acceptors (Lipinski definition) is 3. The summed E-state index contributed by atoms with van der Waals surface area (Å²) in [5.41, 5.74) is 0.0923. The second-order valence-electron chi connectivity index (χ2n) is 5.87. The highest BCUT2D eigenvalue weighted by molar-refractivity contribution is 4.95. The molecular formula is C15H22N4O. The number of hydrogen-bond donors (Lipinski definition) is 1. The molecule has 2 aromatic heterocycles. The van der Waals surface area contributed by atoms with Gasteiger partial charge >= 0.3 is 0 Å². The van der Waals surface area contributed by atoms with Gasteiger partial charge in [0.05, 0.1) is 6.54 Å². The van der Waals surface area contributed by atoms with E-state index in [-0.39, 0.29) is 11.1 Å². The zero-order valence-corrected chi connectivity index (χ0v) is 12.3. The van der Waals surface area contributed by atoms with E-state index in [1.807, 2.05) is 18.5 Å². The van der Waals surface area contributed by atoms with Gasteiger partial charge in [0.2, 0.25) is 0 Å². The predicted octanol–water partition coefficient (Wildman–Crippen LogP) is 1.63. The van der Waals surface area contributed by atoms with Crippen LogP contribution < -0.4 is 10.9 Å². The summed E-state index contributed by atoms with van der Waals surface area (Å²) < 4.78 is 3.79. The fourth-order valence-corrected chi connectivity index (χ4v) is 1.92. The Labute approximate surface area is 119 Å². The number of nitrogens with zero attached hydrogens (tertiary/aromatic N) is 3. The van der Waals surface area contributed by atoms with Crippen LogP contribution in [0, 0.1) is 0 Å². The summed E-state index contributed by atoms with van der Waals surface area (Å²) in [7, 11) is 0. The molecule has 0 unspecified atom stereocenters. The molecule has 1 N–H and O–H groups in total. The van der Waals surface area contributed by atoms with E-state index in [1.165, 1.54) is 0 Å². The van der Waals surface area contributed by atoms with Crippen LogP contribution in [0.15, 0.2) is 41.6 Å². The maximum absolute atomic E-state index is 11.6. The molecule has 0 aliphatic rings. The Kier molecular flexibility index (Phi) is 4.39. The summed E-state index contributed by atoms with van der Waals surface area (Å²) in [4.78, 5) is 16.0. The van der Waals surface area contributed by atoms with Gasteiger partial charge < -0.3 is 14.5 Å².